The molecule has 0 saturated carbocycles. The smallest absolute Gasteiger partial charge is 0.222 e. The molecule has 2 aliphatic rings. The van der Waals surface area contributed by atoms with Gasteiger partial charge in [-0.3, -0.25) is 4.79 Å². The SMILES string of the molecule is CN1CCC(CCC(=O)N(C)CC2CCNC2)CC1. The van der Waals surface area contributed by atoms with Gasteiger partial charge in [-0.25, -0.2) is 0 Å². The van der Waals surface area contributed by atoms with Crippen LogP contribution in [0.2, 0.25) is 0 Å². The van der Waals surface area contributed by atoms with Crippen molar-refractivity contribution in [2.45, 2.75) is 32.1 Å². The average Bonchev–Trinajstić information content (AvgIpc) is 2.90. The Kier molecular flexibility index (Phi) is 5.64. The van der Waals surface area contributed by atoms with Crippen molar-refractivity contribution >= 4 is 5.91 Å². The molecule has 4 heteroatoms. The minimum atomic E-state index is 0.339. The molecule has 0 aromatic rings. The molecule has 4 nitrogen and oxygen atoms in total. The predicted octanol–water partition coefficient (Wildman–Crippen LogP) is 1.18. The van der Waals surface area contributed by atoms with Crippen molar-refractivity contribution in [2.24, 2.45) is 11.8 Å². The summed E-state index contributed by atoms with van der Waals surface area (Å²) in [6.45, 7) is 5.51. The zero-order valence-corrected chi connectivity index (χ0v) is 12.5. The van der Waals surface area contributed by atoms with Crippen LogP contribution < -0.4 is 5.32 Å². The molecule has 2 aliphatic heterocycles. The molecule has 0 bridgehead atoms. The lowest BCUT2D eigenvalue weighted by Crippen LogP contribution is -2.34. The van der Waals surface area contributed by atoms with Crippen LogP contribution in [0.5, 0.6) is 0 Å². The second kappa shape index (κ2) is 7.25. The minimum Gasteiger partial charge on any atom is -0.345 e. The zero-order valence-electron chi connectivity index (χ0n) is 12.5. The molecule has 0 aromatic carbocycles. The lowest BCUT2D eigenvalue weighted by Gasteiger charge is -2.29. The number of likely N-dealkylation sites (tertiary alicyclic amines) is 1. The predicted molar refractivity (Wildman–Crippen MR) is 78.1 cm³/mol. The van der Waals surface area contributed by atoms with Gasteiger partial charge in [0.05, 0.1) is 0 Å². The Morgan fingerprint density at radius 2 is 2.00 bits per heavy atom. The van der Waals surface area contributed by atoms with E-state index in [1.165, 1.54) is 32.4 Å². The molecule has 1 unspecified atom stereocenters. The summed E-state index contributed by atoms with van der Waals surface area (Å²) in [6, 6.07) is 0. The van der Waals surface area contributed by atoms with E-state index in [2.05, 4.69) is 17.3 Å². The number of hydrogen-bond acceptors (Lipinski definition) is 3. The van der Waals surface area contributed by atoms with E-state index in [0.29, 0.717) is 11.8 Å². The van der Waals surface area contributed by atoms with Gasteiger partial charge >= 0.3 is 0 Å². The third-order valence-corrected chi connectivity index (χ3v) is 4.72. The van der Waals surface area contributed by atoms with Crippen LogP contribution in [0.1, 0.15) is 32.1 Å². The normalized spacial score (nSPS) is 25.7. The van der Waals surface area contributed by atoms with E-state index < -0.39 is 0 Å². The number of nitrogens with one attached hydrogen (secondary N) is 1. The minimum absolute atomic E-state index is 0.339. The number of amides is 1. The highest BCUT2D eigenvalue weighted by Gasteiger charge is 2.21. The second-order valence-corrected chi connectivity index (χ2v) is 6.42. The van der Waals surface area contributed by atoms with Crippen molar-refractivity contribution in [3.63, 3.8) is 0 Å². The van der Waals surface area contributed by atoms with E-state index in [9.17, 15) is 4.79 Å². The van der Waals surface area contributed by atoms with Crippen LogP contribution in [-0.2, 0) is 4.79 Å². The van der Waals surface area contributed by atoms with Gasteiger partial charge in [0, 0.05) is 20.0 Å². The zero-order chi connectivity index (χ0) is 13.7. The summed E-state index contributed by atoms with van der Waals surface area (Å²) in [5.41, 5.74) is 0. The van der Waals surface area contributed by atoms with Crippen LogP contribution in [0.3, 0.4) is 0 Å². The Bertz CT molecular complexity index is 281. The monoisotopic (exact) mass is 267 g/mol. The standard InChI is InChI=1S/C15H29N3O/c1-17-9-6-13(7-10-17)3-4-15(19)18(2)12-14-5-8-16-11-14/h13-14,16H,3-12H2,1-2H3. The Morgan fingerprint density at radius 3 is 2.63 bits per heavy atom. The number of carbonyl (C=O) groups is 1. The third kappa shape index (κ3) is 4.77. The van der Waals surface area contributed by atoms with E-state index in [4.69, 9.17) is 0 Å². The highest BCUT2D eigenvalue weighted by Crippen LogP contribution is 2.21. The van der Waals surface area contributed by atoms with Crippen LogP contribution in [0, 0.1) is 11.8 Å². The molecule has 0 radical (unpaired) electrons. The molecular formula is C15H29N3O. The summed E-state index contributed by atoms with van der Waals surface area (Å²) >= 11 is 0. The fourth-order valence-electron chi connectivity index (χ4n) is 3.23. The Hall–Kier alpha value is -0.610. The molecule has 1 atom stereocenters. The van der Waals surface area contributed by atoms with Crippen LogP contribution >= 0.6 is 0 Å². The molecule has 19 heavy (non-hydrogen) atoms. The molecule has 0 aliphatic carbocycles. The Morgan fingerprint density at radius 1 is 1.26 bits per heavy atom. The summed E-state index contributed by atoms with van der Waals surface area (Å²) in [5, 5.41) is 3.36. The van der Waals surface area contributed by atoms with Crippen LogP contribution in [0.15, 0.2) is 0 Å². The quantitative estimate of drug-likeness (QED) is 0.812. The van der Waals surface area contributed by atoms with Gasteiger partial charge in [-0.2, -0.15) is 0 Å². The topological polar surface area (TPSA) is 35.6 Å². The number of nitrogens with zero attached hydrogens (tertiary/aromatic N) is 2. The fraction of sp³-hybridized carbons (Fsp3) is 0.933. The molecular weight excluding hydrogens is 238 g/mol. The lowest BCUT2D eigenvalue weighted by molar-refractivity contribution is -0.130. The molecule has 1 N–H and O–H groups in total. The Labute approximate surface area is 117 Å². The Balaban J connectivity index is 1.62. The van der Waals surface area contributed by atoms with Crippen molar-refractivity contribution in [3.8, 4) is 0 Å². The van der Waals surface area contributed by atoms with Crippen LogP contribution in [-0.4, -0.2) is 62.5 Å². The fourth-order valence-corrected chi connectivity index (χ4v) is 3.23. The lowest BCUT2D eigenvalue weighted by atomic mass is 9.92. The van der Waals surface area contributed by atoms with E-state index in [0.717, 1.165) is 38.4 Å². The largest absolute Gasteiger partial charge is 0.345 e. The van der Waals surface area contributed by atoms with Gasteiger partial charge in [-0.1, -0.05) is 0 Å². The van der Waals surface area contributed by atoms with E-state index in [1.54, 1.807) is 0 Å². The molecule has 2 fully saturated rings. The van der Waals surface area contributed by atoms with Gasteiger partial charge in [-0.15, -0.1) is 0 Å². The van der Waals surface area contributed by atoms with E-state index in [-0.39, 0.29) is 0 Å². The van der Waals surface area contributed by atoms with E-state index in [1.807, 2.05) is 11.9 Å². The second-order valence-electron chi connectivity index (χ2n) is 6.42. The summed E-state index contributed by atoms with van der Waals surface area (Å²) < 4.78 is 0. The summed E-state index contributed by atoms with van der Waals surface area (Å²) in [7, 11) is 4.15. The first kappa shape index (κ1) is 14.8. The summed E-state index contributed by atoms with van der Waals surface area (Å²) in [4.78, 5) is 16.5. The maximum Gasteiger partial charge on any atom is 0.222 e. The van der Waals surface area contributed by atoms with Crippen molar-refractivity contribution in [2.75, 3.05) is 46.8 Å². The third-order valence-electron chi connectivity index (χ3n) is 4.72. The van der Waals surface area contributed by atoms with Gasteiger partial charge in [0.2, 0.25) is 5.91 Å². The number of hydrogen-bond donors (Lipinski definition) is 1. The number of rotatable bonds is 5. The first-order valence-corrected chi connectivity index (χ1v) is 7.78. The molecule has 2 rings (SSSR count). The molecule has 0 spiro atoms. The highest BCUT2D eigenvalue weighted by molar-refractivity contribution is 5.75. The first-order valence-electron chi connectivity index (χ1n) is 7.78. The van der Waals surface area contributed by atoms with Crippen molar-refractivity contribution < 1.29 is 4.79 Å². The van der Waals surface area contributed by atoms with Crippen molar-refractivity contribution in [3.05, 3.63) is 0 Å². The molecule has 1 amide bonds. The molecule has 110 valence electrons. The van der Waals surface area contributed by atoms with Crippen molar-refractivity contribution in [1.29, 1.82) is 0 Å². The van der Waals surface area contributed by atoms with Gasteiger partial charge < -0.3 is 15.1 Å². The molecule has 2 saturated heterocycles. The first-order chi connectivity index (χ1) is 9.15. The van der Waals surface area contributed by atoms with Gasteiger partial charge in [-0.05, 0) is 70.7 Å². The summed E-state index contributed by atoms with van der Waals surface area (Å²) in [5.74, 6) is 1.77. The van der Waals surface area contributed by atoms with Crippen molar-refractivity contribution in [1.82, 2.24) is 15.1 Å². The average molecular weight is 267 g/mol. The van der Waals surface area contributed by atoms with Gasteiger partial charge in [0.15, 0.2) is 0 Å². The highest BCUT2D eigenvalue weighted by atomic mass is 16.2. The van der Waals surface area contributed by atoms with Crippen LogP contribution in [0.4, 0.5) is 0 Å². The van der Waals surface area contributed by atoms with Gasteiger partial charge in [0.1, 0.15) is 0 Å². The maximum absolute atomic E-state index is 12.1. The molecule has 2 heterocycles. The molecule has 0 aromatic heterocycles. The van der Waals surface area contributed by atoms with Gasteiger partial charge in [0.25, 0.3) is 0 Å². The summed E-state index contributed by atoms with van der Waals surface area (Å²) in [6.07, 6.45) is 5.57. The maximum atomic E-state index is 12.1. The number of carbonyl (C=O) groups excluding carboxylic acids is 1. The number of piperidine rings is 1. The van der Waals surface area contributed by atoms with Crippen LogP contribution in [0.25, 0.3) is 0 Å². The van der Waals surface area contributed by atoms with E-state index >= 15 is 0 Å².